The summed E-state index contributed by atoms with van der Waals surface area (Å²) < 4.78 is 0. The van der Waals surface area contributed by atoms with Crippen molar-refractivity contribution in [2.45, 2.75) is 52.4 Å². The zero-order chi connectivity index (χ0) is 29.9. The second-order valence-corrected chi connectivity index (χ2v) is 13.1. The fraction of sp³-hybridized carbons (Fsp3) is 0.273. The average Bonchev–Trinajstić information content (AvgIpc) is 3.59. The summed E-state index contributed by atoms with van der Waals surface area (Å²) in [5, 5.41) is 12.8. The fourth-order valence-electron chi connectivity index (χ4n) is 4.40. The first-order valence-electron chi connectivity index (χ1n) is 13.3. The number of carbonyl (C=O) groups is 3. The molecule has 0 aliphatic rings. The number of thiophene rings is 2. The van der Waals surface area contributed by atoms with Gasteiger partial charge in [-0.05, 0) is 59.2 Å². The molecule has 0 bridgehead atoms. The van der Waals surface area contributed by atoms with Crippen LogP contribution in [0.25, 0.3) is 10.4 Å². The Morgan fingerprint density at radius 2 is 1.54 bits per heavy atom. The topological polar surface area (TPSA) is 110 Å². The van der Waals surface area contributed by atoms with E-state index in [0.29, 0.717) is 26.6 Å². The molecule has 1 atom stereocenters. The number of rotatable bonds is 10. The van der Waals surface area contributed by atoms with Gasteiger partial charge in [0.25, 0.3) is 0 Å². The van der Waals surface area contributed by atoms with Gasteiger partial charge in [-0.1, -0.05) is 64.1 Å². The lowest BCUT2D eigenvalue weighted by molar-refractivity contribution is 0.0975. The van der Waals surface area contributed by atoms with E-state index in [1.807, 2.05) is 24.4 Å². The summed E-state index contributed by atoms with van der Waals surface area (Å²) in [5.74, 6) is -0.621. The van der Waals surface area contributed by atoms with E-state index < -0.39 is 5.91 Å². The third-order valence-electron chi connectivity index (χ3n) is 7.04. The minimum absolute atomic E-state index is 0.0488. The minimum atomic E-state index is -0.491. The summed E-state index contributed by atoms with van der Waals surface area (Å²) in [6, 6.07) is 18.5. The third kappa shape index (κ3) is 7.07. The molecule has 6 nitrogen and oxygen atoms in total. The molecule has 4 rings (SSSR count). The second-order valence-electron chi connectivity index (χ2n) is 11.2. The molecule has 0 saturated heterocycles. The number of ketones is 2. The lowest BCUT2D eigenvalue weighted by atomic mass is 9.86. The van der Waals surface area contributed by atoms with E-state index in [4.69, 9.17) is 5.73 Å². The first-order chi connectivity index (χ1) is 19.3. The van der Waals surface area contributed by atoms with E-state index in [2.05, 4.69) is 37.9 Å². The molecule has 2 aromatic heterocycles. The van der Waals surface area contributed by atoms with Crippen LogP contribution >= 0.6 is 22.7 Å². The van der Waals surface area contributed by atoms with Crippen molar-refractivity contribution in [2.24, 2.45) is 10.7 Å². The number of hydrogen-bond acceptors (Lipinski definition) is 7. The maximum absolute atomic E-state index is 12.9. The lowest BCUT2D eigenvalue weighted by Crippen LogP contribution is -2.11. The van der Waals surface area contributed by atoms with Crippen molar-refractivity contribution in [3.63, 3.8) is 0 Å². The highest BCUT2D eigenvalue weighted by molar-refractivity contribution is 7.16. The normalized spacial score (nSPS) is 12.8. The van der Waals surface area contributed by atoms with Crippen LogP contribution in [-0.4, -0.2) is 34.8 Å². The van der Waals surface area contributed by atoms with Gasteiger partial charge in [0.1, 0.15) is 12.3 Å². The summed E-state index contributed by atoms with van der Waals surface area (Å²) in [4.78, 5) is 43.2. The lowest BCUT2D eigenvalue weighted by Gasteiger charge is -2.19. The van der Waals surface area contributed by atoms with Gasteiger partial charge in [-0.3, -0.25) is 19.4 Å². The Morgan fingerprint density at radius 1 is 0.927 bits per heavy atom. The molecule has 0 aliphatic carbocycles. The van der Waals surface area contributed by atoms with Crippen LogP contribution < -0.4 is 5.73 Å². The Hall–Kier alpha value is -3.88. The number of nitrogens with two attached hydrogens (primary N) is 1. The van der Waals surface area contributed by atoms with Crippen LogP contribution in [-0.2, 0) is 5.41 Å². The molecule has 0 radical (unpaired) electrons. The Morgan fingerprint density at radius 3 is 2.12 bits per heavy atom. The smallest absolute Gasteiger partial charge is 0.248 e. The maximum atomic E-state index is 12.9. The molecule has 0 spiro atoms. The number of aliphatic imine (C=N–C) groups is 1. The molecule has 41 heavy (non-hydrogen) atoms. The number of carbonyl (C=O) groups excluding carboxylic acids is 3. The Kier molecular flexibility index (Phi) is 9.05. The van der Waals surface area contributed by atoms with Gasteiger partial charge in [0.15, 0.2) is 11.6 Å². The molecule has 2 heterocycles. The number of nitrogens with zero attached hydrogens (tertiary/aromatic N) is 1. The van der Waals surface area contributed by atoms with Crippen LogP contribution in [0.3, 0.4) is 0 Å². The predicted molar refractivity (Wildman–Crippen MR) is 168 cm³/mol. The van der Waals surface area contributed by atoms with Crippen LogP contribution in [0.15, 0.2) is 71.0 Å². The Bertz CT molecular complexity index is 1600. The number of primary amides is 1. The van der Waals surface area contributed by atoms with Crippen molar-refractivity contribution in [1.29, 1.82) is 0 Å². The monoisotopic (exact) mass is 586 g/mol. The zero-order valence-corrected chi connectivity index (χ0v) is 25.5. The standard InChI is InChI=1S/C33H34N2O4S2/c1-19(21-6-8-23(9-7-21)32(34)39)16-26(36)28-14-15-29(41-28)27(37)17-35-20(2)25-18-40-31(30(25)38)22-10-12-24(13-11-22)33(3,4)5/h6-15,18-19,38H,16-17H2,1-5H3,(H2,34,39). The van der Waals surface area contributed by atoms with Gasteiger partial charge in [0.2, 0.25) is 5.91 Å². The predicted octanol–water partition coefficient (Wildman–Crippen LogP) is 7.65. The third-order valence-corrected chi connectivity index (χ3v) is 9.22. The van der Waals surface area contributed by atoms with E-state index in [1.165, 1.54) is 28.2 Å². The van der Waals surface area contributed by atoms with Crippen molar-refractivity contribution in [1.82, 2.24) is 0 Å². The zero-order valence-electron chi connectivity index (χ0n) is 23.9. The molecule has 1 amide bonds. The van der Waals surface area contributed by atoms with Crippen LogP contribution in [0.2, 0.25) is 0 Å². The van der Waals surface area contributed by atoms with Crippen LogP contribution in [0.4, 0.5) is 0 Å². The molecule has 0 saturated carbocycles. The average molecular weight is 587 g/mol. The number of benzene rings is 2. The molecule has 2 aromatic carbocycles. The van der Waals surface area contributed by atoms with Gasteiger partial charge in [-0.25, -0.2) is 0 Å². The highest BCUT2D eigenvalue weighted by Gasteiger charge is 2.19. The van der Waals surface area contributed by atoms with Crippen molar-refractivity contribution in [2.75, 3.05) is 6.54 Å². The molecule has 3 N–H and O–H groups in total. The fourth-order valence-corrected chi connectivity index (χ4v) is 6.29. The molecule has 0 fully saturated rings. The van der Waals surface area contributed by atoms with Gasteiger partial charge in [-0.15, -0.1) is 22.7 Å². The van der Waals surface area contributed by atoms with Crippen LogP contribution in [0, 0.1) is 0 Å². The van der Waals surface area contributed by atoms with Crippen molar-refractivity contribution in [3.8, 4) is 16.2 Å². The van der Waals surface area contributed by atoms with Gasteiger partial charge >= 0.3 is 0 Å². The summed E-state index contributed by atoms with van der Waals surface area (Å²) >= 11 is 2.61. The summed E-state index contributed by atoms with van der Waals surface area (Å²) in [5.41, 5.74) is 10.0. The number of aromatic hydroxyl groups is 1. The molecule has 212 valence electrons. The number of Topliss-reactive ketones (excluding diaryl/α,β-unsaturated/α-hetero) is 2. The minimum Gasteiger partial charge on any atom is -0.506 e. The van der Waals surface area contributed by atoms with Gasteiger partial charge in [0.05, 0.1) is 14.6 Å². The quantitative estimate of drug-likeness (QED) is 0.147. The van der Waals surface area contributed by atoms with E-state index in [1.54, 1.807) is 43.3 Å². The van der Waals surface area contributed by atoms with Crippen LogP contribution in [0.1, 0.15) is 93.3 Å². The van der Waals surface area contributed by atoms with E-state index >= 15 is 0 Å². The molecule has 0 aliphatic heterocycles. The molecule has 1 unspecified atom stereocenters. The van der Waals surface area contributed by atoms with E-state index in [-0.39, 0.29) is 41.6 Å². The number of amides is 1. The van der Waals surface area contributed by atoms with Crippen LogP contribution in [0.5, 0.6) is 5.75 Å². The highest BCUT2D eigenvalue weighted by Crippen LogP contribution is 2.39. The summed E-state index contributed by atoms with van der Waals surface area (Å²) in [6.07, 6.45) is 0.278. The van der Waals surface area contributed by atoms with Crippen molar-refractivity contribution < 1.29 is 19.5 Å². The van der Waals surface area contributed by atoms with Gasteiger partial charge in [-0.2, -0.15) is 0 Å². The first kappa shape index (κ1) is 30.1. The van der Waals surface area contributed by atoms with Gasteiger partial charge in [0, 0.05) is 28.6 Å². The van der Waals surface area contributed by atoms with Crippen molar-refractivity contribution >= 4 is 45.9 Å². The SMILES string of the molecule is CC(=NCC(=O)c1ccc(C(=O)CC(C)c2ccc(C(N)=O)cc2)s1)c1csc(-c2ccc(C(C)(C)C)cc2)c1O. The van der Waals surface area contributed by atoms with Crippen molar-refractivity contribution in [3.05, 3.63) is 98.1 Å². The molecular weight excluding hydrogens is 553 g/mol. The Balaban J connectivity index is 1.39. The first-order valence-corrected chi connectivity index (χ1v) is 15.0. The number of hydrogen-bond donors (Lipinski definition) is 2. The van der Waals surface area contributed by atoms with E-state index in [0.717, 1.165) is 16.0 Å². The molecular formula is C33H34N2O4S2. The maximum Gasteiger partial charge on any atom is 0.248 e. The van der Waals surface area contributed by atoms with Gasteiger partial charge < -0.3 is 10.8 Å². The summed E-state index contributed by atoms with van der Waals surface area (Å²) in [6.45, 7) is 10.1. The largest absolute Gasteiger partial charge is 0.506 e. The highest BCUT2D eigenvalue weighted by atomic mass is 32.1. The summed E-state index contributed by atoms with van der Waals surface area (Å²) in [7, 11) is 0. The molecule has 8 heteroatoms. The Labute approximate surface area is 248 Å². The molecule has 4 aromatic rings. The van der Waals surface area contributed by atoms with E-state index in [9.17, 15) is 19.5 Å². The second kappa shape index (κ2) is 12.3.